The van der Waals surface area contributed by atoms with E-state index in [4.69, 9.17) is 9.47 Å². The second-order valence-electron chi connectivity index (χ2n) is 5.64. The smallest absolute Gasteiger partial charge is 0.311 e. The van der Waals surface area contributed by atoms with E-state index in [0.29, 0.717) is 13.2 Å². The molecule has 1 atom stereocenters. The van der Waals surface area contributed by atoms with Gasteiger partial charge in [-0.25, -0.2) is 0 Å². The molecule has 1 aromatic rings. The largest absolute Gasteiger partial charge is 0.460 e. The SMILES string of the molecule is CC[C@H](COCc1ccccc1)C(=O)OC(C)(C)C. The van der Waals surface area contributed by atoms with Gasteiger partial charge >= 0.3 is 5.97 Å². The maximum atomic E-state index is 11.9. The highest BCUT2D eigenvalue weighted by Crippen LogP contribution is 2.14. The van der Waals surface area contributed by atoms with Gasteiger partial charge in [-0.3, -0.25) is 4.79 Å². The van der Waals surface area contributed by atoms with Gasteiger partial charge in [0, 0.05) is 0 Å². The molecule has 0 fully saturated rings. The van der Waals surface area contributed by atoms with Crippen molar-refractivity contribution in [1.82, 2.24) is 0 Å². The first-order chi connectivity index (χ1) is 8.92. The third-order valence-electron chi connectivity index (χ3n) is 2.66. The van der Waals surface area contributed by atoms with Crippen LogP contribution in [0.1, 0.15) is 39.7 Å². The lowest BCUT2D eigenvalue weighted by Crippen LogP contribution is -2.30. The minimum Gasteiger partial charge on any atom is -0.460 e. The van der Waals surface area contributed by atoms with Crippen molar-refractivity contribution >= 4 is 5.97 Å². The molecule has 0 saturated carbocycles. The fraction of sp³-hybridized carbons (Fsp3) is 0.562. The molecular weight excluding hydrogens is 240 g/mol. The van der Waals surface area contributed by atoms with Gasteiger partial charge in [0.25, 0.3) is 0 Å². The highest BCUT2D eigenvalue weighted by atomic mass is 16.6. The fourth-order valence-electron chi connectivity index (χ4n) is 1.63. The molecule has 19 heavy (non-hydrogen) atoms. The minimum atomic E-state index is -0.441. The molecule has 0 amide bonds. The van der Waals surface area contributed by atoms with Gasteiger partial charge in [0.1, 0.15) is 5.60 Å². The van der Waals surface area contributed by atoms with Crippen LogP contribution >= 0.6 is 0 Å². The molecule has 3 nitrogen and oxygen atoms in total. The summed E-state index contributed by atoms with van der Waals surface area (Å²) in [6.07, 6.45) is 0.726. The maximum Gasteiger partial charge on any atom is 0.311 e. The van der Waals surface area contributed by atoms with E-state index in [1.165, 1.54) is 0 Å². The van der Waals surface area contributed by atoms with Crippen LogP contribution in [0.2, 0.25) is 0 Å². The molecule has 1 aromatic carbocycles. The number of benzene rings is 1. The molecule has 0 aliphatic rings. The van der Waals surface area contributed by atoms with E-state index in [2.05, 4.69) is 0 Å². The molecule has 1 rings (SSSR count). The molecule has 0 N–H and O–H groups in total. The molecule has 0 spiro atoms. The summed E-state index contributed by atoms with van der Waals surface area (Å²) in [5, 5.41) is 0. The Morgan fingerprint density at radius 2 is 1.84 bits per heavy atom. The Bertz CT molecular complexity index is 379. The normalized spacial score (nSPS) is 13.1. The first-order valence-electron chi connectivity index (χ1n) is 6.77. The van der Waals surface area contributed by atoms with Gasteiger partial charge in [-0.1, -0.05) is 37.3 Å². The molecule has 106 valence electrons. The van der Waals surface area contributed by atoms with Gasteiger partial charge in [-0.05, 0) is 32.8 Å². The summed E-state index contributed by atoms with van der Waals surface area (Å²) in [7, 11) is 0. The van der Waals surface area contributed by atoms with Crippen LogP contribution in [0.5, 0.6) is 0 Å². The topological polar surface area (TPSA) is 35.5 Å². The summed E-state index contributed by atoms with van der Waals surface area (Å²) >= 11 is 0. The standard InChI is InChI=1S/C16H24O3/c1-5-14(15(17)19-16(2,3)4)12-18-11-13-9-7-6-8-10-13/h6-10,14H,5,11-12H2,1-4H3/t14-/m1/s1. The average Bonchev–Trinajstić information content (AvgIpc) is 2.33. The third-order valence-corrected chi connectivity index (χ3v) is 2.66. The summed E-state index contributed by atoms with van der Waals surface area (Å²) < 4.78 is 11.0. The molecule has 3 heteroatoms. The summed E-state index contributed by atoms with van der Waals surface area (Å²) in [4.78, 5) is 11.9. The van der Waals surface area contributed by atoms with Crippen LogP contribution in [0, 0.1) is 5.92 Å². The second kappa shape index (κ2) is 7.29. The van der Waals surface area contributed by atoms with Crippen molar-refractivity contribution in [2.45, 2.75) is 46.3 Å². The van der Waals surface area contributed by atoms with Crippen LogP contribution < -0.4 is 0 Å². The first-order valence-corrected chi connectivity index (χ1v) is 6.77. The predicted molar refractivity (Wildman–Crippen MR) is 75.7 cm³/mol. The lowest BCUT2D eigenvalue weighted by molar-refractivity contribution is -0.162. The lowest BCUT2D eigenvalue weighted by Gasteiger charge is -2.23. The quantitative estimate of drug-likeness (QED) is 0.737. The van der Waals surface area contributed by atoms with Gasteiger partial charge < -0.3 is 9.47 Å². The third kappa shape index (κ3) is 6.39. The Hall–Kier alpha value is -1.35. The van der Waals surface area contributed by atoms with E-state index in [1.807, 2.05) is 58.0 Å². The van der Waals surface area contributed by atoms with E-state index in [1.54, 1.807) is 0 Å². The summed E-state index contributed by atoms with van der Waals surface area (Å²) in [6, 6.07) is 9.94. The van der Waals surface area contributed by atoms with Crippen molar-refractivity contribution in [2.24, 2.45) is 5.92 Å². The second-order valence-corrected chi connectivity index (χ2v) is 5.64. The first kappa shape index (κ1) is 15.7. The molecule has 0 aromatic heterocycles. The van der Waals surface area contributed by atoms with Crippen molar-refractivity contribution in [3.05, 3.63) is 35.9 Å². The van der Waals surface area contributed by atoms with Crippen molar-refractivity contribution in [1.29, 1.82) is 0 Å². The molecule has 0 unspecified atom stereocenters. The van der Waals surface area contributed by atoms with Crippen molar-refractivity contribution < 1.29 is 14.3 Å². The van der Waals surface area contributed by atoms with Gasteiger partial charge in [0.05, 0.1) is 19.1 Å². The van der Waals surface area contributed by atoms with Crippen LogP contribution in [0.4, 0.5) is 0 Å². The molecule has 0 saturated heterocycles. The van der Waals surface area contributed by atoms with Crippen LogP contribution in [0.3, 0.4) is 0 Å². The molecule has 0 heterocycles. The number of hydrogen-bond acceptors (Lipinski definition) is 3. The van der Waals surface area contributed by atoms with Crippen LogP contribution in [-0.4, -0.2) is 18.2 Å². The summed E-state index contributed by atoms with van der Waals surface area (Å²) in [5.41, 5.74) is 0.672. The zero-order valence-corrected chi connectivity index (χ0v) is 12.3. The van der Waals surface area contributed by atoms with Crippen LogP contribution in [-0.2, 0) is 20.9 Å². The molecule has 0 aliphatic carbocycles. The number of hydrogen-bond donors (Lipinski definition) is 0. The number of esters is 1. The van der Waals surface area contributed by atoms with Gasteiger partial charge in [-0.2, -0.15) is 0 Å². The summed E-state index contributed by atoms with van der Waals surface area (Å²) in [6.45, 7) is 8.54. The van der Waals surface area contributed by atoms with E-state index in [0.717, 1.165) is 12.0 Å². The number of rotatable bonds is 6. The molecule has 0 radical (unpaired) electrons. The summed E-state index contributed by atoms with van der Waals surface area (Å²) in [5.74, 6) is -0.369. The lowest BCUT2D eigenvalue weighted by atomic mass is 10.1. The Kier molecular flexibility index (Phi) is 6.03. The van der Waals surface area contributed by atoms with Crippen molar-refractivity contribution in [3.63, 3.8) is 0 Å². The predicted octanol–water partition coefficient (Wildman–Crippen LogP) is 3.57. The Labute approximate surface area is 115 Å². The fourth-order valence-corrected chi connectivity index (χ4v) is 1.63. The monoisotopic (exact) mass is 264 g/mol. The van der Waals surface area contributed by atoms with Crippen molar-refractivity contribution in [3.8, 4) is 0 Å². The number of carbonyl (C=O) groups excluding carboxylic acids is 1. The van der Waals surface area contributed by atoms with E-state index in [-0.39, 0.29) is 11.9 Å². The minimum absolute atomic E-state index is 0.178. The zero-order valence-electron chi connectivity index (χ0n) is 12.3. The Morgan fingerprint density at radius 3 is 2.37 bits per heavy atom. The van der Waals surface area contributed by atoms with Gasteiger partial charge in [-0.15, -0.1) is 0 Å². The molecular formula is C16H24O3. The highest BCUT2D eigenvalue weighted by molar-refractivity contribution is 5.72. The number of carbonyl (C=O) groups is 1. The highest BCUT2D eigenvalue weighted by Gasteiger charge is 2.23. The molecule has 0 bridgehead atoms. The molecule has 0 aliphatic heterocycles. The maximum absolute atomic E-state index is 11.9. The van der Waals surface area contributed by atoms with Gasteiger partial charge in [0.2, 0.25) is 0 Å². The van der Waals surface area contributed by atoms with E-state index >= 15 is 0 Å². The van der Waals surface area contributed by atoms with Gasteiger partial charge in [0.15, 0.2) is 0 Å². The number of ether oxygens (including phenoxy) is 2. The van der Waals surface area contributed by atoms with E-state index < -0.39 is 5.60 Å². The average molecular weight is 264 g/mol. The zero-order chi connectivity index (χ0) is 14.3. The Balaban J connectivity index is 2.38. The van der Waals surface area contributed by atoms with Crippen LogP contribution in [0.25, 0.3) is 0 Å². The Morgan fingerprint density at radius 1 is 1.21 bits per heavy atom. The van der Waals surface area contributed by atoms with Crippen molar-refractivity contribution in [2.75, 3.05) is 6.61 Å². The van der Waals surface area contributed by atoms with E-state index in [9.17, 15) is 4.79 Å². The van der Waals surface area contributed by atoms with Crippen LogP contribution in [0.15, 0.2) is 30.3 Å².